The van der Waals surface area contributed by atoms with Crippen molar-refractivity contribution in [1.82, 2.24) is 5.43 Å². The van der Waals surface area contributed by atoms with Crippen molar-refractivity contribution >= 4 is 39.6 Å². The van der Waals surface area contributed by atoms with Gasteiger partial charge >= 0.3 is 0 Å². The van der Waals surface area contributed by atoms with E-state index in [0.717, 1.165) is 34.6 Å². The maximum absolute atomic E-state index is 12.5. The number of benzene rings is 3. The third kappa shape index (κ3) is 6.39. The Labute approximate surface area is 203 Å². The third-order valence-electron chi connectivity index (χ3n) is 5.13. The molecule has 0 radical (unpaired) electrons. The van der Waals surface area contributed by atoms with Gasteiger partial charge in [-0.25, -0.2) is 13.8 Å². The summed E-state index contributed by atoms with van der Waals surface area (Å²) in [7, 11) is -3.51. The lowest BCUT2D eigenvalue weighted by Gasteiger charge is -2.25. The van der Waals surface area contributed by atoms with E-state index in [1.807, 2.05) is 66.4 Å². The number of ether oxygens (including phenoxy) is 1. The number of amides is 1. The number of thioether (sulfide) groups is 1. The lowest BCUT2D eigenvalue weighted by molar-refractivity contribution is 0.0955. The second-order valence-electron chi connectivity index (χ2n) is 7.85. The van der Waals surface area contributed by atoms with E-state index in [0.29, 0.717) is 11.3 Å². The molecule has 0 bridgehead atoms. The minimum absolute atomic E-state index is 0.206. The molecule has 34 heavy (non-hydrogen) atoms. The molecule has 0 saturated carbocycles. The molecule has 1 saturated heterocycles. The van der Waals surface area contributed by atoms with Gasteiger partial charge in [0, 0.05) is 17.1 Å². The van der Waals surface area contributed by atoms with Crippen LogP contribution in [0.4, 0.5) is 5.69 Å². The molecule has 1 fully saturated rings. The summed E-state index contributed by atoms with van der Waals surface area (Å²) in [6.45, 7) is 0.206. The van der Waals surface area contributed by atoms with Crippen LogP contribution in [0.3, 0.4) is 0 Å². The van der Waals surface area contributed by atoms with Crippen LogP contribution in [-0.2, 0) is 16.6 Å². The maximum Gasteiger partial charge on any atom is 0.271 e. The largest absolute Gasteiger partial charge is 0.489 e. The minimum Gasteiger partial charge on any atom is -0.489 e. The molecule has 1 heterocycles. The Morgan fingerprint density at radius 3 is 2.47 bits per heavy atom. The number of hydrogen-bond acceptors (Lipinski definition) is 6. The van der Waals surface area contributed by atoms with Crippen LogP contribution in [-0.4, -0.2) is 44.4 Å². The zero-order valence-electron chi connectivity index (χ0n) is 18.6. The van der Waals surface area contributed by atoms with Crippen LogP contribution in [0.2, 0.25) is 0 Å². The first-order valence-electron chi connectivity index (χ1n) is 10.7. The smallest absolute Gasteiger partial charge is 0.271 e. The van der Waals surface area contributed by atoms with Crippen LogP contribution in [0.5, 0.6) is 5.75 Å². The second-order valence-corrected chi connectivity index (χ2v) is 10.8. The van der Waals surface area contributed by atoms with Gasteiger partial charge in [-0.2, -0.15) is 16.9 Å². The predicted molar refractivity (Wildman–Crippen MR) is 137 cm³/mol. The normalized spacial score (nSPS) is 13.9. The van der Waals surface area contributed by atoms with Gasteiger partial charge in [0.15, 0.2) is 0 Å². The van der Waals surface area contributed by atoms with Crippen LogP contribution >= 0.6 is 11.8 Å². The molecule has 0 atom stereocenters. The summed E-state index contributed by atoms with van der Waals surface area (Å²) >= 11 is 1.86. The van der Waals surface area contributed by atoms with Crippen LogP contribution in [0.1, 0.15) is 21.5 Å². The quantitative estimate of drug-likeness (QED) is 0.359. The fraction of sp³-hybridized carbons (Fsp3) is 0.200. The van der Waals surface area contributed by atoms with Gasteiger partial charge in [-0.05, 0) is 47.5 Å². The molecular formula is C25H25N3O4S2. The molecule has 1 aliphatic heterocycles. The van der Waals surface area contributed by atoms with Crippen LogP contribution in [0.15, 0.2) is 84.0 Å². The Morgan fingerprint density at radius 2 is 1.82 bits per heavy atom. The number of rotatable bonds is 9. The lowest BCUT2D eigenvalue weighted by Crippen LogP contribution is -2.31. The van der Waals surface area contributed by atoms with Gasteiger partial charge in [-0.15, -0.1) is 0 Å². The molecule has 3 aromatic carbocycles. The van der Waals surface area contributed by atoms with E-state index >= 15 is 0 Å². The van der Waals surface area contributed by atoms with Crippen molar-refractivity contribution in [3.05, 3.63) is 95.6 Å². The van der Waals surface area contributed by atoms with Gasteiger partial charge in [0.25, 0.3) is 5.91 Å². The molecule has 7 nitrogen and oxygen atoms in total. The van der Waals surface area contributed by atoms with E-state index in [1.165, 1.54) is 4.31 Å². The zero-order valence-corrected chi connectivity index (χ0v) is 20.3. The van der Waals surface area contributed by atoms with E-state index in [1.54, 1.807) is 30.5 Å². The van der Waals surface area contributed by atoms with Crippen LogP contribution in [0, 0.1) is 0 Å². The molecule has 1 amide bonds. The summed E-state index contributed by atoms with van der Waals surface area (Å²) in [6, 6.07) is 23.2. The predicted octanol–water partition coefficient (Wildman–Crippen LogP) is 3.91. The zero-order chi connectivity index (χ0) is 24.0. The Balaban J connectivity index is 1.39. The van der Waals surface area contributed by atoms with Crippen LogP contribution in [0.25, 0.3) is 0 Å². The van der Waals surface area contributed by atoms with Crippen molar-refractivity contribution in [2.24, 2.45) is 5.10 Å². The summed E-state index contributed by atoms with van der Waals surface area (Å²) < 4.78 is 31.9. The molecule has 1 N–H and O–H groups in total. The summed E-state index contributed by atoms with van der Waals surface area (Å²) in [4.78, 5) is 12.5. The van der Waals surface area contributed by atoms with E-state index in [9.17, 15) is 13.2 Å². The molecular weight excluding hydrogens is 470 g/mol. The maximum atomic E-state index is 12.5. The lowest BCUT2D eigenvalue weighted by atomic mass is 10.2. The van der Waals surface area contributed by atoms with Gasteiger partial charge in [-0.3, -0.25) is 9.10 Å². The Kier molecular flexibility index (Phi) is 7.54. The second kappa shape index (κ2) is 10.8. The molecule has 9 heteroatoms. The van der Waals surface area contributed by atoms with E-state index < -0.39 is 15.9 Å². The van der Waals surface area contributed by atoms with Crippen molar-refractivity contribution in [2.45, 2.75) is 12.6 Å². The topological polar surface area (TPSA) is 88.1 Å². The van der Waals surface area contributed by atoms with Gasteiger partial charge in [-0.1, -0.05) is 42.5 Å². The minimum atomic E-state index is -3.51. The van der Waals surface area contributed by atoms with Crippen molar-refractivity contribution in [3.8, 4) is 5.75 Å². The average molecular weight is 496 g/mol. The fourth-order valence-electron chi connectivity index (χ4n) is 3.30. The number of hydrogen-bond donors (Lipinski definition) is 1. The van der Waals surface area contributed by atoms with E-state index in [4.69, 9.17) is 4.74 Å². The highest BCUT2D eigenvalue weighted by atomic mass is 32.2. The van der Waals surface area contributed by atoms with Crippen molar-refractivity contribution in [3.63, 3.8) is 0 Å². The molecule has 1 aliphatic rings. The highest BCUT2D eigenvalue weighted by Gasteiger charge is 2.20. The Morgan fingerprint density at radius 1 is 1.09 bits per heavy atom. The summed E-state index contributed by atoms with van der Waals surface area (Å²) in [5, 5.41) is 4.03. The SMILES string of the molecule is CS(=O)(=O)N(Cc1ccccc1)c1ccc(C(=O)N/N=C\c2cccc(OC3CSC3)c2)cc1. The number of nitrogens with zero attached hydrogens (tertiary/aromatic N) is 2. The number of sulfonamides is 1. The number of anilines is 1. The van der Waals surface area contributed by atoms with Crippen molar-refractivity contribution < 1.29 is 17.9 Å². The third-order valence-corrected chi connectivity index (χ3v) is 7.49. The summed E-state index contributed by atoms with van der Waals surface area (Å²) in [6.07, 6.45) is 2.97. The van der Waals surface area contributed by atoms with E-state index in [2.05, 4.69) is 10.5 Å². The number of carbonyl (C=O) groups excluding carboxylic acids is 1. The first-order chi connectivity index (χ1) is 16.4. The molecule has 0 unspecified atom stereocenters. The van der Waals surface area contributed by atoms with Gasteiger partial charge in [0.05, 0.1) is 24.7 Å². The molecule has 3 aromatic rings. The standard InChI is InChI=1S/C25H25N3O4S2/c1-34(30,31)28(16-19-6-3-2-4-7-19)22-12-10-21(11-13-22)25(29)27-26-15-20-8-5-9-23(14-20)32-24-17-33-18-24/h2-15,24H,16-18H2,1H3,(H,27,29)/b26-15-. The monoisotopic (exact) mass is 495 g/mol. The number of nitrogens with one attached hydrogen (secondary N) is 1. The molecule has 0 aliphatic carbocycles. The van der Waals surface area contributed by atoms with Gasteiger partial charge in [0.2, 0.25) is 10.0 Å². The van der Waals surface area contributed by atoms with Gasteiger partial charge in [0.1, 0.15) is 11.9 Å². The number of carbonyl (C=O) groups is 1. The molecule has 176 valence electrons. The van der Waals surface area contributed by atoms with Crippen molar-refractivity contribution in [1.29, 1.82) is 0 Å². The Hall–Kier alpha value is -3.30. The van der Waals surface area contributed by atoms with E-state index in [-0.39, 0.29) is 12.6 Å². The highest BCUT2D eigenvalue weighted by Crippen LogP contribution is 2.24. The Bertz CT molecular complexity index is 1260. The van der Waals surface area contributed by atoms with Gasteiger partial charge < -0.3 is 4.74 Å². The number of hydrazone groups is 1. The van der Waals surface area contributed by atoms with Crippen molar-refractivity contribution in [2.75, 3.05) is 22.1 Å². The average Bonchev–Trinajstić information content (AvgIpc) is 2.80. The molecule has 0 spiro atoms. The first kappa shape index (κ1) is 23.8. The van der Waals surface area contributed by atoms with Crippen LogP contribution < -0.4 is 14.5 Å². The first-order valence-corrected chi connectivity index (χ1v) is 13.7. The molecule has 0 aromatic heterocycles. The summed E-state index contributed by atoms with van der Waals surface area (Å²) in [5.74, 6) is 2.39. The molecule has 4 rings (SSSR count). The highest BCUT2D eigenvalue weighted by molar-refractivity contribution is 8.00. The fourth-order valence-corrected chi connectivity index (χ4v) is 4.75. The summed E-state index contributed by atoms with van der Waals surface area (Å²) in [5.41, 5.74) is 5.03.